The van der Waals surface area contributed by atoms with Crippen molar-refractivity contribution in [3.63, 3.8) is 0 Å². The van der Waals surface area contributed by atoms with Crippen molar-refractivity contribution in [1.29, 1.82) is 0 Å². The van der Waals surface area contributed by atoms with Crippen molar-refractivity contribution in [3.8, 4) is 0 Å². The molecule has 28 heavy (non-hydrogen) atoms. The summed E-state index contributed by atoms with van der Waals surface area (Å²) in [5.74, 6) is 0.442. The molecule has 150 valence electrons. The first-order valence-corrected chi connectivity index (χ1v) is 10.4. The van der Waals surface area contributed by atoms with Gasteiger partial charge in [0.1, 0.15) is 0 Å². The summed E-state index contributed by atoms with van der Waals surface area (Å²) in [6, 6.07) is 11.8. The van der Waals surface area contributed by atoms with Crippen LogP contribution in [0.2, 0.25) is 0 Å². The van der Waals surface area contributed by atoms with Crippen LogP contribution in [0.15, 0.2) is 41.8 Å². The summed E-state index contributed by atoms with van der Waals surface area (Å²) in [6.07, 6.45) is 0.997. The van der Waals surface area contributed by atoms with E-state index in [0.717, 1.165) is 29.2 Å². The van der Waals surface area contributed by atoms with Crippen molar-refractivity contribution in [2.75, 3.05) is 24.5 Å². The molecule has 0 aliphatic carbocycles. The maximum Gasteiger partial charge on any atom is 0.227 e. The summed E-state index contributed by atoms with van der Waals surface area (Å²) in [6.45, 7) is 4.67. The zero-order chi connectivity index (χ0) is 18.8. The number of benzene rings is 1. The molecule has 0 spiro atoms. The van der Waals surface area contributed by atoms with Crippen LogP contribution >= 0.6 is 23.7 Å². The number of hydrogen-bond donors (Lipinski definition) is 2. The smallest absolute Gasteiger partial charge is 0.227 e. The standard InChI is InChI=1S/C21H25N3O2S.ClH/c1-14-4-6-16(7-5-14)24-19(25)9-8-17(20(24)18-3-2-10-27-18)21(26)23-13-15-11-22-12-15;/h2-7,10,15,17,20,22H,8-9,11-13H2,1H3,(H,23,26);1H. The molecular formula is C21H26ClN3O2S. The Kier molecular flexibility index (Phi) is 6.75. The molecular weight excluding hydrogens is 394 g/mol. The first-order valence-electron chi connectivity index (χ1n) is 9.54. The summed E-state index contributed by atoms with van der Waals surface area (Å²) in [5, 5.41) is 8.37. The van der Waals surface area contributed by atoms with Gasteiger partial charge < -0.3 is 15.5 Å². The normalized spacial score (nSPS) is 22.3. The number of anilines is 1. The van der Waals surface area contributed by atoms with Gasteiger partial charge in [-0.2, -0.15) is 0 Å². The van der Waals surface area contributed by atoms with E-state index in [1.54, 1.807) is 11.3 Å². The number of carbonyl (C=O) groups excluding carboxylic acids is 2. The van der Waals surface area contributed by atoms with Gasteiger partial charge in [-0.15, -0.1) is 23.7 Å². The monoisotopic (exact) mass is 419 g/mol. The minimum Gasteiger partial charge on any atom is -0.355 e. The molecule has 1 aromatic carbocycles. The van der Waals surface area contributed by atoms with Crippen molar-refractivity contribution in [1.82, 2.24) is 10.6 Å². The maximum atomic E-state index is 13.0. The van der Waals surface area contributed by atoms with E-state index < -0.39 is 0 Å². The molecule has 0 radical (unpaired) electrons. The molecule has 3 heterocycles. The Morgan fingerprint density at radius 2 is 2.00 bits per heavy atom. The first-order chi connectivity index (χ1) is 13.1. The first kappa shape index (κ1) is 20.8. The van der Waals surface area contributed by atoms with Crippen LogP contribution in [0.5, 0.6) is 0 Å². The van der Waals surface area contributed by atoms with Gasteiger partial charge in [-0.1, -0.05) is 23.8 Å². The minimum atomic E-state index is -0.242. The van der Waals surface area contributed by atoms with E-state index in [4.69, 9.17) is 0 Å². The number of thiophene rings is 1. The molecule has 2 N–H and O–H groups in total. The third-order valence-corrected chi connectivity index (χ3v) is 6.45. The fourth-order valence-electron chi connectivity index (χ4n) is 3.83. The van der Waals surface area contributed by atoms with Crippen molar-refractivity contribution >= 4 is 41.2 Å². The van der Waals surface area contributed by atoms with Crippen molar-refractivity contribution in [3.05, 3.63) is 52.2 Å². The summed E-state index contributed by atoms with van der Waals surface area (Å²) < 4.78 is 0. The Morgan fingerprint density at radius 1 is 1.25 bits per heavy atom. The van der Waals surface area contributed by atoms with Crippen molar-refractivity contribution in [2.24, 2.45) is 11.8 Å². The number of carbonyl (C=O) groups is 2. The molecule has 2 aromatic rings. The second-order valence-electron chi connectivity index (χ2n) is 7.47. The van der Waals surface area contributed by atoms with E-state index in [-0.39, 0.29) is 36.2 Å². The summed E-state index contributed by atoms with van der Waals surface area (Å²) >= 11 is 1.61. The van der Waals surface area contributed by atoms with Gasteiger partial charge in [-0.25, -0.2) is 0 Å². The Bertz CT molecular complexity index is 806. The zero-order valence-electron chi connectivity index (χ0n) is 15.9. The molecule has 2 atom stereocenters. The van der Waals surface area contributed by atoms with Gasteiger partial charge in [0.2, 0.25) is 11.8 Å². The highest BCUT2D eigenvalue weighted by Gasteiger charge is 2.42. The predicted molar refractivity (Wildman–Crippen MR) is 115 cm³/mol. The van der Waals surface area contributed by atoms with Crippen LogP contribution < -0.4 is 15.5 Å². The average molecular weight is 420 g/mol. The summed E-state index contributed by atoms with van der Waals surface area (Å²) in [7, 11) is 0. The molecule has 2 saturated heterocycles. The van der Waals surface area contributed by atoms with Crippen LogP contribution in [0.25, 0.3) is 0 Å². The molecule has 7 heteroatoms. The second-order valence-corrected chi connectivity index (χ2v) is 8.45. The van der Waals surface area contributed by atoms with Crippen molar-refractivity contribution < 1.29 is 9.59 Å². The quantitative estimate of drug-likeness (QED) is 0.781. The number of halogens is 1. The van der Waals surface area contributed by atoms with Crippen LogP contribution in [-0.4, -0.2) is 31.4 Å². The topological polar surface area (TPSA) is 61.4 Å². The molecule has 4 rings (SSSR count). The molecule has 2 fully saturated rings. The summed E-state index contributed by atoms with van der Waals surface area (Å²) in [4.78, 5) is 28.8. The lowest BCUT2D eigenvalue weighted by Gasteiger charge is -2.40. The van der Waals surface area contributed by atoms with Gasteiger partial charge in [0.05, 0.1) is 12.0 Å². The van der Waals surface area contributed by atoms with Crippen LogP contribution in [0.1, 0.15) is 29.3 Å². The number of hydrogen-bond acceptors (Lipinski definition) is 4. The van der Waals surface area contributed by atoms with E-state index in [0.29, 0.717) is 25.3 Å². The Morgan fingerprint density at radius 3 is 2.61 bits per heavy atom. The largest absolute Gasteiger partial charge is 0.355 e. The van der Waals surface area contributed by atoms with Crippen LogP contribution in [0.3, 0.4) is 0 Å². The van der Waals surface area contributed by atoms with E-state index in [1.807, 2.05) is 53.6 Å². The van der Waals surface area contributed by atoms with Crippen LogP contribution in [-0.2, 0) is 9.59 Å². The molecule has 5 nitrogen and oxygen atoms in total. The predicted octanol–water partition coefficient (Wildman–Crippen LogP) is 3.30. The second kappa shape index (κ2) is 9.07. The molecule has 0 saturated carbocycles. The highest BCUT2D eigenvalue weighted by Crippen LogP contribution is 2.41. The Hall–Kier alpha value is -1.89. The average Bonchev–Trinajstić information content (AvgIpc) is 3.15. The lowest BCUT2D eigenvalue weighted by atomic mass is 9.86. The highest BCUT2D eigenvalue weighted by molar-refractivity contribution is 7.10. The third kappa shape index (κ3) is 4.24. The lowest BCUT2D eigenvalue weighted by Crippen LogP contribution is -2.52. The number of nitrogens with one attached hydrogen (secondary N) is 2. The molecule has 2 amide bonds. The summed E-state index contributed by atoms with van der Waals surface area (Å²) in [5.41, 5.74) is 2.02. The van der Waals surface area contributed by atoms with Crippen LogP contribution in [0, 0.1) is 18.8 Å². The Balaban J connectivity index is 0.00000225. The Labute approximate surface area is 175 Å². The number of aryl methyl sites for hydroxylation is 1. The van der Waals surface area contributed by atoms with Gasteiger partial charge in [0.15, 0.2) is 0 Å². The van der Waals surface area contributed by atoms with E-state index in [1.165, 1.54) is 0 Å². The van der Waals surface area contributed by atoms with E-state index in [2.05, 4.69) is 10.6 Å². The van der Waals surface area contributed by atoms with Gasteiger partial charge in [0, 0.05) is 42.5 Å². The number of rotatable bonds is 5. The zero-order valence-corrected chi connectivity index (χ0v) is 17.5. The third-order valence-electron chi connectivity index (χ3n) is 5.51. The van der Waals surface area contributed by atoms with E-state index >= 15 is 0 Å². The minimum absolute atomic E-state index is 0. The molecule has 2 unspecified atom stereocenters. The van der Waals surface area contributed by atoms with Gasteiger partial charge >= 0.3 is 0 Å². The SMILES string of the molecule is Cc1ccc(N2C(=O)CCC(C(=O)NCC3CNC3)C2c2cccs2)cc1.Cl. The lowest BCUT2D eigenvalue weighted by molar-refractivity contribution is -0.129. The number of nitrogens with zero attached hydrogens (tertiary/aromatic N) is 1. The molecule has 0 bridgehead atoms. The number of amides is 2. The number of piperidine rings is 1. The maximum absolute atomic E-state index is 13.0. The van der Waals surface area contributed by atoms with Gasteiger partial charge in [-0.3, -0.25) is 9.59 Å². The molecule has 1 aromatic heterocycles. The van der Waals surface area contributed by atoms with Gasteiger partial charge in [0.25, 0.3) is 0 Å². The van der Waals surface area contributed by atoms with E-state index in [9.17, 15) is 9.59 Å². The molecule has 2 aliphatic heterocycles. The highest BCUT2D eigenvalue weighted by atomic mass is 35.5. The fourth-order valence-corrected chi connectivity index (χ4v) is 4.71. The van der Waals surface area contributed by atoms with Gasteiger partial charge in [-0.05, 0) is 36.9 Å². The fraction of sp³-hybridized carbons (Fsp3) is 0.429. The van der Waals surface area contributed by atoms with Crippen LogP contribution in [0.4, 0.5) is 5.69 Å². The van der Waals surface area contributed by atoms with Crippen molar-refractivity contribution in [2.45, 2.75) is 25.8 Å². The molecule has 2 aliphatic rings.